The lowest BCUT2D eigenvalue weighted by Gasteiger charge is -2.05. The summed E-state index contributed by atoms with van der Waals surface area (Å²) in [6, 6.07) is 14.1. The molecule has 0 atom stereocenters. The standard InChI is InChI=1S/C13H11FO/c1-15-11-7-8-13(14)12(9-11)10-5-3-2-4-6-10/h2-9H,1H3/i14-1. The third-order valence-corrected chi connectivity index (χ3v) is 2.26. The molecule has 0 unspecified atom stereocenters. The fraction of sp³-hybridized carbons (Fsp3) is 0.0769. The van der Waals surface area contributed by atoms with Gasteiger partial charge in [-0.05, 0) is 23.8 Å². The Morgan fingerprint density at radius 1 is 1.00 bits per heavy atom. The van der Waals surface area contributed by atoms with Crippen LogP contribution in [-0.4, -0.2) is 7.11 Å². The van der Waals surface area contributed by atoms with Gasteiger partial charge in [0.1, 0.15) is 11.6 Å². The van der Waals surface area contributed by atoms with Crippen LogP contribution in [0.5, 0.6) is 5.75 Å². The van der Waals surface area contributed by atoms with Crippen LogP contribution in [0, 0.1) is 5.82 Å². The second kappa shape index (κ2) is 4.13. The number of ether oxygens (including phenoxy) is 1. The molecule has 0 heterocycles. The SMILES string of the molecule is COc1ccc([18F])c(-c2ccccc2)c1. The zero-order chi connectivity index (χ0) is 10.7. The maximum Gasteiger partial charge on any atom is 0.131 e. The number of benzene rings is 2. The van der Waals surface area contributed by atoms with E-state index in [-0.39, 0.29) is 5.82 Å². The minimum atomic E-state index is -0.234. The van der Waals surface area contributed by atoms with Crippen molar-refractivity contribution in [3.63, 3.8) is 0 Å². The first-order valence-electron chi connectivity index (χ1n) is 4.70. The van der Waals surface area contributed by atoms with Crippen LogP contribution in [0.15, 0.2) is 48.5 Å². The van der Waals surface area contributed by atoms with Crippen molar-refractivity contribution in [3.8, 4) is 16.9 Å². The molecule has 2 heteroatoms. The van der Waals surface area contributed by atoms with Crippen molar-refractivity contribution in [3.05, 3.63) is 54.3 Å². The second-order valence-electron chi connectivity index (χ2n) is 3.21. The Kier molecular flexibility index (Phi) is 2.68. The van der Waals surface area contributed by atoms with Gasteiger partial charge in [-0.1, -0.05) is 30.3 Å². The topological polar surface area (TPSA) is 9.23 Å². The van der Waals surface area contributed by atoms with E-state index in [1.807, 2.05) is 30.3 Å². The van der Waals surface area contributed by atoms with E-state index in [1.54, 1.807) is 19.2 Å². The van der Waals surface area contributed by atoms with E-state index in [0.717, 1.165) is 5.56 Å². The van der Waals surface area contributed by atoms with Crippen LogP contribution in [0.2, 0.25) is 0 Å². The molecule has 0 aromatic heterocycles. The predicted molar refractivity (Wildman–Crippen MR) is 58.4 cm³/mol. The fourth-order valence-corrected chi connectivity index (χ4v) is 1.47. The molecule has 0 aliphatic rings. The highest BCUT2D eigenvalue weighted by Gasteiger charge is 2.05. The van der Waals surface area contributed by atoms with E-state index in [9.17, 15) is 4.39 Å². The lowest BCUT2D eigenvalue weighted by Crippen LogP contribution is -1.87. The lowest BCUT2D eigenvalue weighted by molar-refractivity contribution is 0.414. The Labute approximate surface area is 88.1 Å². The number of halogens is 1. The molecule has 76 valence electrons. The molecule has 0 saturated carbocycles. The van der Waals surface area contributed by atoms with Gasteiger partial charge in [-0.2, -0.15) is 0 Å². The number of hydrogen-bond donors (Lipinski definition) is 0. The highest BCUT2D eigenvalue weighted by atomic mass is 18.2. The molecule has 0 spiro atoms. The molecule has 2 aromatic rings. The number of methoxy groups -OCH3 is 1. The van der Waals surface area contributed by atoms with Gasteiger partial charge < -0.3 is 4.74 Å². The quantitative estimate of drug-likeness (QED) is 0.722. The molecular formula is C13H11FO. The van der Waals surface area contributed by atoms with Gasteiger partial charge >= 0.3 is 0 Å². The third-order valence-electron chi connectivity index (χ3n) is 2.26. The molecule has 0 bridgehead atoms. The van der Waals surface area contributed by atoms with Crippen molar-refractivity contribution in [2.45, 2.75) is 0 Å². The minimum absolute atomic E-state index is 0.234. The van der Waals surface area contributed by atoms with E-state index in [0.29, 0.717) is 11.3 Å². The highest BCUT2D eigenvalue weighted by Crippen LogP contribution is 2.26. The van der Waals surface area contributed by atoms with Crippen molar-refractivity contribution in [1.29, 1.82) is 0 Å². The van der Waals surface area contributed by atoms with Gasteiger partial charge in [0.05, 0.1) is 7.11 Å². The third kappa shape index (κ3) is 1.99. The largest absolute Gasteiger partial charge is 0.497 e. The van der Waals surface area contributed by atoms with Gasteiger partial charge in [0.25, 0.3) is 0 Å². The van der Waals surface area contributed by atoms with Gasteiger partial charge in [-0.3, -0.25) is 0 Å². The van der Waals surface area contributed by atoms with Gasteiger partial charge in [-0.15, -0.1) is 0 Å². The molecule has 0 radical (unpaired) electrons. The summed E-state index contributed by atoms with van der Waals surface area (Å²) in [6.07, 6.45) is 0. The summed E-state index contributed by atoms with van der Waals surface area (Å²) >= 11 is 0. The lowest BCUT2D eigenvalue weighted by atomic mass is 10.1. The van der Waals surface area contributed by atoms with Gasteiger partial charge in [-0.25, -0.2) is 4.39 Å². The first-order valence-corrected chi connectivity index (χ1v) is 4.70. The number of rotatable bonds is 2. The summed E-state index contributed by atoms with van der Waals surface area (Å²) in [5.41, 5.74) is 1.42. The first-order chi connectivity index (χ1) is 7.31. The zero-order valence-electron chi connectivity index (χ0n) is 8.41. The van der Waals surface area contributed by atoms with E-state index >= 15 is 0 Å². The average molecular weight is 201 g/mol. The Bertz CT molecular complexity index is 451. The number of hydrogen-bond acceptors (Lipinski definition) is 1. The summed E-state index contributed by atoms with van der Waals surface area (Å²) in [6.45, 7) is 0. The minimum Gasteiger partial charge on any atom is -0.497 e. The van der Waals surface area contributed by atoms with Gasteiger partial charge in [0.15, 0.2) is 0 Å². The van der Waals surface area contributed by atoms with Crippen LogP contribution in [0.3, 0.4) is 0 Å². The molecule has 1 nitrogen and oxygen atoms in total. The molecule has 0 aliphatic carbocycles. The molecule has 0 N–H and O–H groups in total. The Morgan fingerprint density at radius 3 is 2.40 bits per heavy atom. The molecule has 0 fully saturated rings. The van der Waals surface area contributed by atoms with E-state index in [1.165, 1.54) is 6.07 Å². The van der Waals surface area contributed by atoms with Crippen LogP contribution in [-0.2, 0) is 0 Å². The molecule has 2 aromatic carbocycles. The summed E-state index contributed by atoms with van der Waals surface area (Å²) in [5, 5.41) is 0. The average Bonchev–Trinajstić information content (AvgIpc) is 2.31. The summed E-state index contributed by atoms with van der Waals surface area (Å²) in [4.78, 5) is 0. The maximum absolute atomic E-state index is 13.5. The van der Waals surface area contributed by atoms with Crippen LogP contribution < -0.4 is 4.74 Å². The van der Waals surface area contributed by atoms with Crippen molar-refractivity contribution in [2.75, 3.05) is 7.11 Å². The molecule has 0 aliphatic heterocycles. The second-order valence-corrected chi connectivity index (χ2v) is 3.21. The van der Waals surface area contributed by atoms with Crippen molar-refractivity contribution in [2.24, 2.45) is 0 Å². The maximum atomic E-state index is 13.5. The summed E-state index contributed by atoms with van der Waals surface area (Å²) in [5.74, 6) is 0.428. The Morgan fingerprint density at radius 2 is 1.73 bits per heavy atom. The Hall–Kier alpha value is -1.83. The van der Waals surface area contributed by atoms with E-state index in [2.05, 4.69) is 0 Å². The van der Waals surface area contributed by atoms with E-state index in [4.69, 9.17) is 4.74 Å². The first kappa shape index (κ1) is 9.71. The fourth-order valence-electron chi connectivity index (χ4n) is 1.47. The summed E-state index contributed by atoms with van der Waals surface area (Å²) < 4.78 is 18.6. The molecule has 2 rings (SSSR count). The normalized spacial score (nSPS) is 10.0. The van der Waals surface area contributed by atoms with Gasteiger partial charge in [0, 0.05) is 5.56 Å². The van der Waals surface area contributed by atoms with Crippen LogP contribution in [0.25, 0.3) is 11.1 Å². The molecule has 0 saturated heterocycles. The van der Waals surface area contributed by atoms with Crippen molar-refractivity contribution in [1.82, 2.24) is 0 Å². The van der Waals surface area contributed by atoms with Crippen LogP contribution >= 0.6 is 0 Å². The molecule has 0 amide bonds. The monoisotopic (exact) mass is 201 g/mol. The van der Waals surface area contributed by atoms with Crippen molar-refractivity contribution < 1.29 is 9.13 Å². The smallest absolute Gasteiger partial charge is 0.131 e. The Balaban J connectivity index is 2.52. The highest BCUT2D eigenvalue weighted by molar-refractivity contribution is 5.65. The molecule has 15 heavy (non-hydrogen) atoms. The molecular weight excluding hydrogens is 190 g/mol. The summed E-state index contributed by atoms with van der Waals surface area (Å²) in [7, 11) is 1.57. The predicted octanol–water partition coefficient (Wildman–Crippen LogP) is 3.50. The van der Waals surface area contributed by atoms with Gasteiger partial charge in [0.2, 0.25) is 0 Å². The van der Waals surface area contributed by atoms with E-state index < -0.39 is 0 Å². The van der Waals surface area contributed by atoms with Crippen LogP contribution in [0.1, 0.15) is 0 Å². The zero-order valence-corrected chi connectivity index (χ0v) is 8.41. The van der Waals surface area contributed by atoms with Crippen LogP contribution in [0.4, 0.5) is 4.39 Å². The van der Waals surface area contributed by atoms with Crippen molar-refractivity contribution >= 4 is 0 Å².